The molecule has 2 unspecified atom stereocenters. The fourth-order valence-corrected chi connectivity index (χ4v) is 4.13. The molecule has 4 rings (SSSR count). The van der Waals surface area contributed by atoms with Gasteiger partial charge in [-0.25, -0.2) is 0 Å². The highest BCUT2D eigenvalue weighted by Crippen LogP contribution is 2.38. The molecule has 0 radical (unpaired) electrons. The second kappa shape index (κ2) is 9.07. The molecule has 0 amide bonds. The van der Waals surface area contributed by atoms with Crippen LogP contribution in [0.4, 0.5) is 0 Å². The average molecular weight is 439 g/mol. The van der Waals surface area contributed by atoms with Crippen molar-refractivity contribution in [3.05, 3.63) is 46.5 Å². The van der Waals surface area contributed by atoms with Crippen molar-refractivity contribution in [2.45, 2.75) is 78.4 Å². The molecule has 4 heteroatoms. The first-order valence-electron chi connectivity index (χ1n) is 12.2. The fourth-order valence-electron chi connectivity index (χ4n) is 4.13. The van der Waals surface area contributed by atoms with Gasteiger partial charge in [0.05, 0.1) is 13.2 Å². The zero-order valence-corrected chi connectivity index (χ0v) is 20.6. The van der Waals surface area contributed by atoms with Crippen LogP contribution in [0.15, 0.2) is 24.3 Å². The molecule has 0 aliphatic carbocycles. The number of ether oxygens (including phenoxy) is 4. The lowest BCUT2D eigenvalue weighted by Crippen LogP contribution is -2.18. The van der Waals surface area contributed by atoms with Gasteiger partial charge in [-0.2, -0.15) is 0 Å². The van der Waals surface area contributed by atoms with Crippen molar-refractivity contribution < 1.29 is 18.9 Å². The van der Waals surface area contributed by atoms with Crippen LogP contribution in [0, 0.1) is 0 Å². The zero-order valence-electron chi connectivity index (χ0n) is 20.6. The molecule has 2 saturated heterocycles. The van der Waals surface area contributed by atoms with Gasteiger partial charge in [0.15, 0.2) is 0 Å². The van der Waals surface area contributed by atoms with Crippen LogP contribution >= 0.6 is 0 Å². The predicted molar refractivity (Wildman–Crippen MR) is 129 cm³/mol. The third-order valence-corrected chi connectivity index (χ3v) is 6.66. The van der Waals surface area contributed by atoms with Crippen molar-refractivity contribution in [1.29, 1.82) is 0 Å². The van der Waals surface area contributed by atoms with Gasteiger partial charge < -0.3 is 18.9 Å². The van der Waals surface area contributed by atoms with E-state index in [1.165, 1.54) is 33.4 Å². The Morgan fingerprint density at radius 3 is 1.12 bits per heavy atom. The number of benzene rings is 2. The SMILES string of the molecule is CCc1cc(-c2cc(CC)c(OCC3(C)CO3)c(CC)c2)cc(CC)c1OCC1(C)CO1. The maximum absolute atomic E-state index is 6.29. The quantitative estimate of drug-likeness (QED) is 0.407. The first-order valence-corrected chi connectivity index (χ1v) is 12.2. The Morgan fingerprint density at radius 2 is 0.906 bits per heavy atom. The van der Waals surface area contributed by atoms with E-state index in [9.17, 15) is 0 Å². The van der Waals surface area contributed by atoms with Crippen molar-refractivity contribution in [2.24, 2.45) is 0 Å². The molecule has 2 aliphatic heterocycles. The Labute approximate surface area is 193 Å². The molecular formula is C28H38O4. The Hall–Kier alpha value is -2.04. The Kier molecular flexibility index (Phi) is 6.56. The van der Waals surface area contributed by atoms with Crippen LogP contribution in [-0.2, 0) is 35.2 Å². The van der Waals surface area contributed by atoms with Gasteiger partial charge in [0.25, 0.3) is 0 Å². The molecule has 2 aromatic carbocycles. The monoisotopic (exact) mass is 438 g/mol. The summed E-state index contributed by atoms with van der Waals surface area (Å²) in [6.45, 7) is 15.8. The van der Waals surface area contributed by atoms with E-state index >= 15 is 0 Å². The van der Waals surface area contributed by atoms with E-state index in [0.717, 1.165) is 50.4 Å². The summed E-state index contributed by atoms with van der Waals surface area (Å²) >= 11 is 0. The van der Waals surface area contributed by atoms with Gasteiger partial charge in [0.1, 0.15) is 35.9 Å². The lowest BCUT2D eigenvalue weighted by Gasteiger charge is -2.20. The van der Waals surface area contributed by atoms with Gasteiger partial charge in [0, 0.05) is 0 Å². The summed E-state index contributed by atoms with van der Waals surface area (Å²) in [4.78, 5) is 0. The van der Waals surface area contributed by atoms with Crippen molar-refractivity contribution in [2.75, 3.05) is 26.4 Å². The van der Waals surface area contributed by atoms with Gasteiger partial charge in [-0.1, -0.05) is 27.7 Å². The van der Waals surface area contributed by atoms with Crippen LogP contribution in [0.25, 0.3) is 11.1 Å². The molecule has 0 bridgehead atoms. The first-order chi connectivity index (χ1) is 15.3. The third-order valence-electron chi connectivity index (χ3n) is 6.66. The van der Waals surface area contributed by atoms with E-state index in [1.807, 2.05) is 0 Å². The Balaban J connectivity index is 1.68. The normalized spacial score (nSPS) is 23.8. The fraction of sp³-hybridized carbons (Fsp3) is 0.571. The maximum Gasteiger partial charge on any atom is 0.125 e. The van der Waals surface area contributed by atoms with E-state index in [4.69, 9.17) is 18.9 Å². The maximum atomic E-state index is 6.29. The van der Waals surface area contributed by atoms with Gasteiger partial charge in [-0.3, -0.25) is 0 Å². The van der Waals surface area contributed by atoms with Crippen molar-refractivity contribution >= 4 is 0 Å². The molecular weight excluding hydrogens is 400 g/mol. The molecule has 0 saturated carbocycles. The summed E-state index contributed by atoms with van der Waals surface area (Å²) < 4.78 is 23.6. The third kappa shape index (κ3) is 4.97. The highest BCUT2D eigenvalue weighted by molar-refractivity contribution is 5.71. The van der Waals surface area contributed by atoms with E-state index in [1.54, 1.807) is 0 Å². The summed E-state index contributed by atoms with van der Waals surface area (Å²) in [7, 11) is 0. The highest BCUT2D eigenvalue weighted by Gasteiger charge is 2.41. The van der Waals surface area contributed by atoms with Crippen LogP contribution in [0.5, 0.6) is 11.5 Å². The summed E-state index contributed by atoms with van der Waals surface area (Å²) in [5, 5.41) is 0. The lowest BCUT2D eigenvalue weighted by atomic mass is 9.92. The molecule has 2 heterocycles. The van der Waals surface area contributed by atoms with E-state index in [-0.39, 0.29) is 11.2 Å². The molecule has 32 heavy (non-hydrogen) atoms. The summed E-state index contributed by atoms with van der Waals surface area (Å²) in [5.41, 5.74) is 7.34. The molecule has 0 N–H and O–H groups in total. The smallest absolute Gasteiger partial charge is 0.125 e. The zero-order chi connectivity index (χ0) is 22.9. The predicted octanol–water partition coefficient (Wildman–Crippen LogP) is 5.94. The molecule has 2 aliphatic rings. The minimum Gasteiger partial charge on any atom is -0.490 e. The number of rotatable bonds is 11. The molecule has 0 aromatic heterocycles. The number of epoxide rings is 2. The highest BCUT2D eigenvalue weighted by atomic mass is 16.6. The lowest BCUT2D eigenvalue weighted by molar-refractivity contribution is 0.200. The van der Waals surface area contributed by atoms with Gasteiger partial charge in [0.2, 0.25) is 0 Å². The van der Waals surface area contributed by atoms with Crippen molar-refractivity contribution in [3.63, 3.8) is 0 Å². The van der Waals surface area contributed by atoms with Crippen molar-refractivity contribution in [1.82, 2.24) is 0 Å². The second-order valence-corrected chi connectivity index (χ2v) is 9.72. The van der Waals surface area contributed by atoms with E-state index in [0.29, 0.717) is 13.2 Å². The second-order valence-electron chi connectivity index (χ2n) is 9.72. The van der Waals surface area contributed by atoms with Crippen LogP contribution in [-0.4, -0.2) is 37.6 Å². The number of aryl methyl sites for hydroxylation is 4. The molecule has 2 fully saturated rings. The summed E-state index contributed by atoms with van der Waals surface area (Å²) in [6.07, 6.45) is 3.76. The topological polar surface area (TPSA) is 43.5 Å². The van der Waals surface area contributed by atoms with Crippen LogP contribution in [0.1, 0.15) is 63.8 Å². The Bertz CT molecular complexity index is 840. The van der Waals surface area contributed by atoms with Gasteiger partial charge in [-0.05, 0) is 97.2 Å². The summed E-state index contributed by atoms with van der Waals surface area (Å²) in [6, 6.07) is 9.22. The molecule has 2 aromatic rings. The number of hydrogen-bond donors (Lipinski definition) is 0. The number of hydrogen-bond acceptors (Lipinski definition) is 4. The average Bonchev–Trinajstić information content (AvgIpc) is 3.73. The first kappa shape index (κ1) is 23.1. The van der Waals surface area contributed by atoms with Crippen LogP contribution < -0.4 is 9.47 Å². The molecule has 4 nitrogen and oxygen atoms in total. The van der Waals surface area contributed by atoms with Gasteiger partial charge in [-0.15, -0.1) is 0 Å². The minimum absolute atomic E-state index is 0.112. The minimum atomic E-state index is -0.112. The molecule has 0 spiro atoms. The van der Waals surface area contributed by atoms with Crippen LogP contribution in [0.3, 0.4) is 0 Å². The summed E-state index contributed by atoms with van der Waals surface area (Å²) in [5.74, 6) is 2.08. The molecule has 174 valence electrons. The van der Waals surface area contributed by atoms with Gasteiger partial charge >= 0.3 is 0 Å². The largest absolute Gasteiger partial charge is 0.490 e. The van der Waals surface area contributed by atoms with E-state index < -0.39 is 0 Å². The molecule has 2 atom stereocenters. The Morgan fingerprint density at radius 1 is 0.625 bits per heavy atom. The van der Waals surface area contributed by atoms with Crippen LogP contribution in [0.2, 0.25) is 0 Å². The standard InChI is InChI=1S/C28H38O4/c1-7-19-11-23(12-20(8-2)25(19)29-15-27(5)17-31-27)24-13-21(9-3)26(22(10-4)14-24)30-16-28(6)18-32-28/h11-14H,7-10,15-18H2,1-6H3. The van der Waals surface area contributed by atoms with E-state index in [2.05, 4.69) is 65.8 Å². The van der Waals surface area contributed by atoms with Crippen molar-refractivity contribution in [3.8, 4) is 22.6 Å².